The number of nitrogens with zero attached hydrogens (tertiary/aromatic N) is 1. The quantitative estimate of drug-likeness (QED) is 0.792. The molecule has 0 N–H and O–H groups in total. The van der Waals surface area contributed by atoms with Gasteiger partial charge in [-0.1, -0.05) is 11.2 Å². The first-order valence-corrected chi connectivity index (χ1v) is 5.84. The normalized spacial score (nSPS) is 21.8. The third kappa shape index (κ3) is 2.43. The maximum Gasteiger partial charge on any atom is 0.353 e. The second kappa shape index (κ2) is 4.95. The van der Waals surface area contributed by atoms with Crippen molar-refractivity contribution in [2.24, 2.45) is 5.16 Å². The molecule has 1 aromatic rings. The molecule has 4 nitrogen and oxygen atoms in total. The highest BCUT2D eigenvalue weighted by molar-refractivity contribution is 6.04. The van der Waals surface area contributed by atoms with Gasteiger partial charge < -0.3 is 9.57 Å². The van der Waals surface area contributed by atoms with E-state index in [0.717, 1.165) is 6.07 Å². The molecule has 0 spiro atoms. The van der Waals surface area contributed by atoms with Crippen LogP contribution in [0.4, 0.5) is 8.78 Å². The lowest BCUT2D eigenvalue weighted by Crippen LogP contribution is -2.37. The summed E-state index contributed by atoms with van der Waals surface area (Å²) in [7, 11) is 0. The zero-order valence-electron chi connectivity index (χ0n) is 10.6. The van der Waals surface area contributed by atoms with Crippen molar-refractivity contribution in [2.75, 3.05) is 6.61 Å². The van der Waals surface area contributed by atoms with Crippen molar-refractivity contribution in [3.05, 3.63) is 35.4 Å². The molecule has 1 heterocycles. The van der Waals surface area contributed by atoms with Crippen molar-refractivity contribution in [2.45, 2.75) is 25.9 Å². The van der Waals surface area contributed by atoms with E-state index in [0.29, 0.717) is 0 Å². The van der Waals surface area contributed by atoms with Gasteiger partial charge >= 0.3 is 5.97 Å². The molecule has 0 aliphatic carbocycles. The summed E-state index contributed by atoms with van der Waals surface area (Å²) < 4.78 is 31.6. The predicted molar refractivity (Wildman–Crippen MR) is 63.6 cm³/mol. The molecule has 0 saturated heterocycles. The molecule has 1 atom stereocenters. The lowest BCUT2D eigenvalue weighted by Gasteiger charge is -2.18. The summed E-state index contributed by atoms with van der Waals surface area (Å²) in [5, 5.41) is 3.67. The van der Waals surface area contributed by atoms with Gasteiger partial charge in [0.15, 0.2) is 11.6 Å². The molecule has 1 unspecified atom stereocenters. The average molecular weight is 269 g/mol. The van der Waals surface area contributed by atoms with Crippen LogP contribution in [0.25, 0.3) is 0 Å². The maximum absolute atomic E-state index is 13.6. The molecule has 6 heteroatoms. The van der Waals surface area contributed by atoms with Crippen LogP contribution in [0.1, 0.15) is 25.8 Å². The van der Waals surface area contributed by atoms with Gasteiger partial charge in [-0.3, -0.25) is 0 Å². The van der Waals surface area contributed by atoms with Crippen molar-refractivity contribution >= 4 is 11.7 Å². The number of hydrogen-bond donors (Lipinski definition) is 0. The lowest BCUT2D eigenvalue weighted by molar-refractivity contribution is -0.166. The molecule has 0 radical (unpaired) electrons. The van der Waals surface area contributed by atoms with Crippen molar-refractivity contribution < 1.29 is 23.1 Å². The van der Waals surface area contributed by atoms with E-state index in [1.165, 1.54) is 19.1 Å². The largest absolute Gasteiger partial charge is 0.463 e. The number of halogens is 2. The Bertz CT molecular complexity index is 545. The van der Waals surface area contributed by atoms with Crippen molar-refractivity contribution in [3.8, 4) is 0 Å². The van der Waals surface area contributed by atoms with E-state index >= 15 is 0 Å². The average Bonchev–Trinajstić information content (AvgIpc) is 2.77. The molecule has 0 fully saturated rings. The highest BCUT2D eigenvalue weighted by atomic mass is 19.2. The Morgan fingerprint density at radius 1 is 1.53 bits per heavy atom. The number of hydrogen-bond acceptors (Lipinski definition) is 4. The molecule has 0 amide bonds. The number of carbonyl (C=O) groups is 1. The summed E-state index contributed by atoms with van der Waals surface area (Å²) in [6.07, 6.45) is 0.0339. The molecule has 19 heavy (non-hydrogen) atoms. The second-order valence-corrected chi connectivity index (χ2v) is 4.36. The zero-order chi connectivity index (χ0) is 14.0. The number of ether oxygens (including phenoxy) is 1. The van der Waals surface area contributed by atoms with Crippen molar-refractivity contribution in [1.29, 1.82) is 0 Å². The topological polar surface area (TPSA) is 47.9 Å². The molecule has 102 valence electrons. The van der Waals surface area contributed by atoms with Gasteiger partial charge in [0.1, 0.15) is 0 Å². The minimum Gasteiger partial charge on any atom is -0.463 e. The fourth-order valence-electron chi connectivity index (χ4n) is 1.80. The first-order valence-electron chi connectivity index (χ1n) is 5.84. The number of rotatable bonds is 3. The van der Waals surface area contributed by atoms with Gasteiger partial charge in [0.05, 0.1) is 12.3 Å². The van der Waals surface area contributed by atoms with Crippen LogP contribution in [0, 0.1) is 11.6 Å². The third-order valence-electron chi connectivity index (χ3n) is 2.83. The molecule has 0 aromatic heterocycles. The Hall–Kier alpha value is -1.98. The molecule has 0 saturated carbocycles. The number of carbonyl (C=O) groups excluding carboxylic acids is 1. The molecule has 1 aliphatic rings. The fraction of sp³-hybridized carbons (Fsp3) is 0.385. The fourth-order valence-corrected chi connectivity index (χ4v) is 1.80. The summed E-state index contributed by atoms with van der Waals surface area (Å²) in [4.78, 5) is 16.7. The monoisotopic (exact) mass is 269 g/mol. The van der Waals surface area contributed by atoms with Crippen LogP contribution in [-0.4, -0.2) is 23.9 Å². The van der Waals surface area contributed by atoms with Gasteiger partial charge in [-0.15, -0.1) is 0 Å². The predicted octanol–water partition coefficient (Wildman–Crippen LogP) is 2.41. The molecular weight excluding hydrogens is 256 g/mol. The van der Waals surface area contributed by atoms with Crippen molar-refractivity contribution in [1.82, 2.24) is 0 Å². The summed E-state index contributed by atoms with van der Waals surface area (Å²) in [5.74, 6) is -2.55. The van der Waals surface area contributed by atoms with Crippen LogP contribution in [0.3, 0.4) is 0 Å². The van der Waals surface area contributed by atoms with E-state index in [1.54, 1.807) is 6.92 Å². The SMILES string of the molecule is CCOC(=O)C1(C)CC(c2cccc(F)c2F)=NO1. The van der Waals surface area contributed by atoms with Gasteiger partial charge in [-0.2, -0.15) is 0 Å². The van der Waals surface area contributed by atoms with E-state index in [1.807, 2.05) is 0 Å². The smallest absolute Gasteiger partial charge is 0.353 e. The molecule has 1 aromatic carbocycles. The van der Waals surface area contributed by atoms with Crippen LogP contribution in [0.15, 0.2) is 23.4 Å². The van der Waals surface area contributed by atoms with Crippen LogP contribution >= 0.6 is 0 Å². The van der Waals surface area contributed by atoms with Gasteiger partial charge in [0.2, 0.25) is 5.60 Å². The minimum absolute atomic E-state index is 0.00646. The molecule has 1 aliphatic heterocycles. The standard InChI is InChI=1S/C13H13F2NO3/c1-3-18-12(17)13(2)7-10(16-19-13)8-5-4-6-9(14)11(8)15/h4-6H,3,7H2,1-2H3. The first kappa shape index (κ1) is 13.5. The summed E-state index contributed by atoms with van der Waals surface area (Å²) in [5.41, 5.74) is -1.11. The van der Waals surface area contributed by atoms with E-state index in [9.17, 15) is 13.6 Å². The molecule has 0 bridgehead atoms. The Morgan fingerprint density at radius 2 is 2.26 bits per heavy atom. The highest BCUT2D eigenvalue weighted by Gasteiger charge is 2.44. The van der Waals surface area contributed by atoms with E-state index in [4.69, 9.17) is 9.57 Å². The highest BCUT2D eigenvalue weighted by Crippen LogP contribution is 2.29. The molecule has 2 rings (SSSR count). The van der Waals surface area contributed by atoms with Gasteiger partial charge in [-0.05, 0) is 26.0 Å². The van der Waals surface area contributed by atoms with E-state index in [-0.39, 0.29) is 24.3 Å². The Kier molecular flexibility index (Phi) is 3.50. The van der Waals surface area contributed by atoms with Crippen LogP contribution < -0.4 is 0 Å². The van der Waals surface area contributed by atoms with E-state index < -0.39 is 23.2 Å². The number of oxime groups is 1. The molecular formula is C13H13F2NO3. The Labute approximate surface area is 109 Å². The van der Waals surface area contributed by atoms with Gasteiger partial charge in [0, 0.05) is 12.0 Å². The first-order chi connectivity index (χ1) is 8.98. The minimum atomic E-state index is -1.29. The van der Waals surface area contributed by atoms with E-state index in [2.05, 4.69) is 5.16 Å². The van der Waals surface area contributed by atoms with Gasteiger partial charge in [-0.25, -0.2) is 13.6 Å². The lowest BCUT2D eigenvalue weighted by atomic mass is 9.96. The third-order valence-corrected chi connectivity index (χ3v) is 2.83. The second-order valence-electron chi connectivity index (χ2n) is 4.36. The summed E-state index contributed by atoms with van der Waals surface area (Å²) in [6, 6.07) is 3.77. The maximum atomic E-state index is 13.6. The zero-order valence-corrected chi connectivity index (χ0v) is 10.6. The summed E-state index contributed by atoms with van der Waals surface area (Å²) in [6.45, 7) is 3.38. The Balaban J connectivity index is 2.22. The van der Waals surface area contributed by atoms with Crippen LogP contribution in [0.2, 0.25) is 0 Å². The summed E-state index contributed by atoms with van der Waals surface area (Å²) >= 11 is 0. The van der Waals surface area contributed by atoms with Crippen LogP contribution in [-0.2, 0) is 14.4 Å². The van der Waals surface area contributed by atoms with Crippen molar-refractivity contribution in [3.63, 3.8) is 0 Å². The van der Waals surface area contributed by atoms with Gasteiger partial charge in [0.25, 0.3) is 0 Å². The Morgan fingerprint density at radius 3 is 2.95 bits per heavy atom. The number of esters is 1. The number of benzene rings is 1. The van der Waals surface area contributed by atoms with Crippen LogP contribution in [0.5, 0.6) is 0 Å².